The largest absolute Gasteiger partial charge is 0.475 e. The molecule has 2 rings (SSSR count). The van der Waals surface area contributed by atoms with Crippen LogP contribution in [0.3, 0.4) is 0 Å². The third-order valence-corrected chi connectivity index (χ3v) is 2.42. The average Bonchev–Trinajstić information content (AvgIpc) is 2.80. The number of nitrogens with zero attached hydrogens (tertiary/aromatic N) is 1. The number of rotatable bonds is 4. The molecule has 0 aliphatic heterocycles. The van der Waals surface area contributed by atoms with E-state index in [1.807, 2.05) is 0 Å². The van der Waals surface area contributed by atoms with Gasteiger partial charge in [-0.3, -0.25) is 0 Å². The molecular formula is C12H9F2NO4. The normalized spacial score (nSPS) is 10.7. The number of carboxylic acid groups (broad SMARTS) is 1. The van der Waals surface area contributed by atoms with Crippen LogP contribution in [0, 0.1) is 6.92 Å². The number of benzene rings is 1. The highest BCUT2D eigenvalue weighted by Gasteiger charge is 2.18. The quantitative estimate of drug-likeness (QED) is 0.923. The molecule has 0 saturated carbocycles. The molecule has 2 aromatic rings. The molecule has 100 valence electrons. The number of hydrogen-bond donors (Lipinski definition) is 1. The summed E-state index contributed by atoms with van der Waals surface area (Å²) < 4.78 is 33.8. The molecule has 1 N–H and O–H groups in total. The molecule has 5 nitrogen and oxygen atoms in total. The zero-order valence-corrected chi connectivity index (χ0v) is 9.76. The summed E-state index contributed by atoms with van der Waals surface area (Å²) in [6.07, 6.45) is 0. The Bertz CT molecular complexity index is 610. The summed E-state index contributed by atoms with van der Waals surface area (Å²) in [6, 6.07) is 5.86. The second kappa shape index (κ2) is 5.05. The molecule has 0 saturated heterocycles. The van der Waals surface area contributed by atoms with E-state index in [1.165, 1.54) is 6.07 Å². The van der Waals surface area contributed by atoms with E-state index >= 15 is 0 Å². The standard InChI is InChI=1S/C12H9F2NO4/c1-6-3-2-4-7(10(6)18-12(13)14)8-5-9(11(16)17)19-15-8/h2-5,12H,1H3,(H,16,17). The maximum absolute atomic E-state index is 12.4. The minimum Gasteiger partial charge on any atom is -0.475 e. The number of aryl methyl sites for hydroxylation is 1. The van der Waals surface area contributed by atoms with Gasteiger partial charge in [0.15, 0.2) is 0 Å². The van der Waals surface area contributed by atoms with E-state index in [0.717, 1.165) is 6.07 Å². The van der Waals surface area contributed by atoms with Crippen LogP contribution in [0.15, 0.2) is 28.8 Å². The first-order valence-electron chi connectivity index (χ1n) is 5.24. The Hall–Kier alpha value is -2.44. The van der Waals surface area contributed by atoms with Crippen LogP contribution in [-0.4, -0.2) is 22.8 Å². The van der Waals surface area contributed by atoms with Crippen molar-refractivity contribution in [3.8, 4) is 17.0 Å². The highest BCUT2D eigenvalue weighted by atomic mass is 19.3. The summed E-state index contributed by atoms with van der Waals surface area (Å²) in [5.41, 5.74) is 0.853. The molecule has 1 aromatic carbocycles. The van der Waals surface area contributed by atoms with Crippen molar-refractivity contribution < 1.29 is 27.9 Å². The van der Waals surface area contributed by atoms with Gasteiger partial charge in [-0.15, -0.1) is 0 Å². The summed E-state index contributed by atoms with van der Waals surface area (Å²) in [7, 11) is 0. The number of aromatic carboxylic acids is 1. The zero-order chi connectivity index (χ0) is 14.0. The van der Waals surface area contributed by atoms with Gasteiger partial charge < -0.3 is 14.4 Å². The molecule has 0 radical (unpaired) electrons. The van der Waals surface area contributed by atoms with E-state index < -0.39 is 12.6 Å². The van der Waals surface area contributed by atoms with Crippen molar-refractivity contribution in [2.75, 3.05) is 0 Å². The fourth-order valence-electron chi connectivity index (χ4n) is 1.60. The maximum atomic E-state index is 12.4. The van der Waals surface area contributed by atoms with Gasteiger partial charge in [0, 0.05) is 11.6 Å². The third kappa shape index (κ3) is 2.70. The molecule has 1 aromatic heterocycles. The van der Waals surface area contributed by atoms with Crippen LogP contribution < -0.4 is 4.74 Å². The van der Waals surface area contributed by atoms with Gasteiger partial charge in [0.25, 0.3) is 0 Å². The summed E-state index contributed by atoms with van der Waals surface area (Å²) >= 11 is 0. The number of ether oxygens (including phenoxy) is 1. The average molecular weight is 269 g/mol. The molecule has 7 heteroatoms. The zero-order valence-electron chi connectivity index (χ0n) is 9.76. The number of aromatic nitrogens is 1. The topological polar surface area (TPSA) is 72.6 Å². The lowest BCUT2D eigenvalue weighted by molar-refractivity contribution is -0.0499. The van der Waals surface area contributed by atoms with Crippen molar-refractivity contribution in [3.05, 3.63) is 35.6 Å². The van der Waals surface area contributed by atoms with E-state index in [-0.39, 0.29) is 22.8 Å². The van der Waals surface area contributed by atoms with Crippen LogP contribution in [-0.2, 0) is 0 Å². The van der Waals surface area contributed by atoms with Crippen LogP contribution in [0.25, 0.3) is 11.3 Å². The molecule has 0 spiro atoms. The van der Waals surface area contributed by atoms with E-state index in [2.05, 4.69) is 14.4 Å². The Morgan fingerprint density at radius 3 is 2.79 bits per heavy atom. The number of hydrogen-bond acceptors (Lipinski definition) is 4. The molecule has 19 heavy (non-hydrogen) atoms. The van der Waals surface area contributed by atoms with Crippen molar-refractivity contribution in [1.29, 1.82) is 0 Å². The van der Waals surface area contributed by atoms with Gasteiger partial charge in [-0.2, -0.15) is 8.78 Å². The van der Waals surface area contributed by atoms with Crippen LogP contribution in [0.5, 0.6) is 5.75 Å². The van der Waals surface area contributed by atoms with Gasteiger partial charge in [0.1, 0.15) is 11.4 Å². The molecule has 0 aliphatic carbocycles. The minimum absolute atomic E-state index is 0.0530. The van der Waals surface area contributed by atoms with E-state index in [4.69, 9.17) is 5.11 Å². The Kier molecular flexibility index (Phi) is 3.46. The lowest BCUT2D eigenvalue weighted by Crippen LogP contribution is -2.04. The van der Waals surface area contributed by atoms with Crippen LogP contribution in [0.1, 0.15) is 16.1 Å². The van der Waals surface area contributed by atoms with Gasteiger partial charge in [-0.1, -0.05) is 17.3 Å². The van der Waals surface area contributed by atoms with Gasteiger partial charge in [0.2, 0.25) is 5.76 Å². The fraction of sp³-hybridized carbons (Fsp3) is 0.167. The summed E-state index contributed by atoms with van der Waals surface area (Å²) in [5.74, 6) is -1.72. The SMILES string of the molecule is Cc1cccc(-c2cc(C(=O)O)on2)c1OC(F)F. The van der Waals surface area contributed by atoms with Crippen LogP contribution >= 0.6 is 0 Å². The number of para-hydroxylation sites is 1. The minimum atomic E-state index is -2.98. The molecule has 0 atom stereocenters. The van der Waals surface area contributed by atoms with Crippen LogP contribution in [0.4, 0.5) is 8.78 Å². The Morgan fingerprint density at radius 2 is 2.21 bits per heavy atom. The molecule has 0 aliphatic rings. The van der Waals surface area contributed by atoms with Gasteiger partial charge in [-0.25, -0.2) is 4.79 Å². The number of carboxylic acids is 1. The highest BCUT2D eigenvalue weighted by Crippen LogP contribution is 2.33. The second-order valence-electron chi connectivity index (χ2n) is 3.71. The number of alkyl halides is 2. The summed E-state index contributed by atoms with van der Waals surface area (Å²) in [4.78, 5) is 10.7. The molecule has 0 amide bonds. The third-order valence-electron chi connectivity index (χ3n) is 2.42. The summed E-state index contributed by atoms with van der Waals surface area (Å²) in [5, 5.41) is 12.3. The van der Waals surface area contributed by atoms with E-state index in [9.17, 15) is 13.6 Å². The fourth-order valence-corrected chi connectivity index (χ4v) is 1.60. The first-order chi connectivity index (χ1) is 8.99. The number of carbonyl (C=O) groups is 1. The monoisotopic (exact) mass is 269 g/mol. The molecule has 0 fully saturated rings. The maximum Gasteiger partial charge on any atom is 0.387 e. The van der Waals surface area contributed by atoms with Gasteiger partial charge in [0.05, 0.1) is 0 Å². The second-order valence-corrected chi connectivity index (χ2v) is 3.71. The number of halogens is 2. The molecule has 0 bridgehead atoms. The van der Waals surface area contributed by atoms with E-state index in [0.29, 0.717) is 5.56 Å². The Morgan fingerprint density at radius 1 is 1.47 bits per heavy atom. The van der Waals surface area contributed by atoms with Gasteiger partial charge in [-0.05, 0) is 18.6 Å². The Balaban J connectivity index is 2.48. The first kappa shape index (κ1) is 13.0. The molecular weight excluding hydrogens is 260 g/mol. The van der Waals surface area contributed by atoms with Crippen molar-refractivity contribution >= 4 is 5.97 Å². The molecule has 1 heterocycles. The van der Waals surface area contributed by atoms with Crippen LogP contribution in [0.2, 0.25) is 0 Å². The van der Waals surface area contributed by atoms with Crippen molar-refractivity contribution in [1.82, 2.24) is 5.16 Å². The summed E-state index contributed by atoms with van der Waals surface area (Å²) in [6.45, 7) is -1.38. The smallest absolute Gasteiger partial charge is 0.387 e. The lowest BCUT2D eigenvalue weighted by atomic mass is 10.1. The lowest BCUT2D eigenvalue weighted by Gasteiger charge is -2.11. The first-order valence-corrected chi connectivity index (χ1v) is 5.24. The Labute approximate surface area is 106 Å². The molecule has 0 unspecified atom stereocenters. The van der Waals surface area contributed by atoms with Gasteiger partial charge >= 0.3 is 12.6 Å². The van der Waals surface area contributed by atoms with E-state index in [1.54, 1.807) is 19.1 Å². The van der Waals surface area contributed by atoms with Crippen molar-refractivity contribution in [3.63, 3.8) is 0 Å². The van der Waals surface area contributed by atoms with Crippen molar-refractivity contribution in [2.45, 2.75) is 13.5 Å². The highest BCUT2D eigenvalue weighted by molar-refractivity contribution is 5.86. The van der Waals surface area contributed by atoms with Crippen molar-refractivity contribution in [2.24, 2.45) is 0 Å². The predicted molar refractivity (Wildman–Crippen MR) is 60.3 cm³/mol. The predicted octanol–water partition coefficient (Wildman–Crippen LogP) is 2.95.